The van der Waals surface area contributed by atoms with Crippen molar-refractivity contribution >= 4 is 0 Å². The third-order valence-corrected chi connectivity index (χ3v) is 4.93. The molecule has 22 heavy (non-hydrogen) atoms. The average molecular weight is 299 g/mol. The molecule has 0 amide bonds. The average Bonchev–Trinajstić information content (AvgIpc) is 2.59. The zero-order valence-electron chi connectivity index (χ0n) is 13.3. The van der Waals surface area contributed by atoms with Gasteiger partial charge >= 0.3 is 0 Å². The molecule has 0 N–H and O–H groups in total. The number of nitrogens with zero attached hydrogens (tertiary/aromatic N) is 1. The van der Waals surface area contributed by atoms with Crippen LogP contribution in [0, 0.1) is 17.2 Å². The fraction of sp³-hybridized carbons (Fsp3) is 0.550. The first-order chi connectivity index (χ1) is 10.8. The Kier molecular flexibility index (Phi) is 7.16. The molecule has 1 saturated carbocycles. The summed E-state index contributed by atoms with van der Waals surface area (Å²) in [5.41, 5.74) is 2.15. The molecule has 0 heterocycles. The number of nitriles is 1. The van der Waals surface area contributed by atoms with Gasteiger partial charge in [0.25, 0.3) is 0 Å². The van der Waals surface area contributed by atoms with E-state index < -0.39 is 0 Å². The van der Waals surface area contributed by atoms with Crippen LogP contribution in [0.15, 0.2) is 36.7 Å². The van der Waals surface area contributed by atoms with Crippen LogP contribution in [0.3, 0.4) is 0 Å². The number of allylic oxidation sites excluding steroid dienone is 1. The molecule has 1 aliphatic carbocycles. The summed E-state index contributed by atoms with van der Waals surface area (Å²) in [6.45, 7) is 0. The van der Waals surface area contributed by atoms with Gasteiger partial charge in [-0.1, -0.05) is 37.5 Å². The van der Waals surface area contributed by atoms with Crippen molar-refractivity contribution < 1.29 is 4.39 Å². The van der Waals surface area contributed by atoms with Gasteiger partial charge in [0, 0.05) is 0 Å². The topological polar surface area (TPSA) is 23.8 Å². The lowest BCUT2D eigenvalue weighted by Crippen LogP contribution is -2.13. The van der Waals surface area contributed by atoms with Gasteiger partial charge in [-0.05, 0) is 68.1 Å². The highest BCUT2D eigenvalue weighted by atomic mass is 19.1. The molecule has 0 aromatic heterocycles. The highest BCUT2D eigenvalue weighted by Gasteiger charge is 2.21. The molecule has 1 nitrogen and oxygen atoms in total. The van der Waals surface area contributed by atoms with Gasteiger partial charge in [-0.3, -0.25) is 0 Å². The highest BCUT2D eigenvalue weighted by Crippen LogP contribution is 2.37. The van der Waals surface area contributed by atoms with Crippen molar-refractivity contribution in [2.24, 2.45) is 5.92 Å². The first-order valence-corrected chi connectivity index (χ1v) is 8.58. The first kappa shape index (κ1) is 16.7. The van der Waals surface area contributed by atoms with E-state index in [1.54, 1.807) is 6.08 Å². The van der Waals surface area contributed by atoms with E-state index in [2.05, 4.69) is 18.2 Å². The van der Waals surface area contributed by atoms with Crippen molar-refractivity contribution in [3.8, 4) is 6.07 Å². The molecule has 2 heteroatoms. The molecule has 0 bridgehead atoms. The maximum Gasteiger partial charge on any atom is 0.0991 e. The number of hydrogen-bond donors (Lipinski definition) is 0. The van der Waals surface area contributed by atoms with E-state index >= 15 is 0 Å². The molecule has 0 radical (unpaired) electrons. The lowest BCUT2D eigenvalue weighted by molar-refractivity contribution is 0.302. The molecule has 0 unspecified atom stereocenters. The van der Waals surface area contributed by atoms with Crippen molar-refractivity contribution in [3.63, 3.8) is 0 Å². The van der Waals surface area contributed by atoms with Gasteiger partial charge in [-0.2, -0.15) is 5.26 Å². The van der Waals surface area contributed by atoms with Crippen LogP contribution in [0.1, 0.15) is 74.8 Å². The lowest BCUT2D eigenvalue weighted by Gasteiger charge is -2.29. The Balaban J connectivity index is 1.66. The van der Waals surface area contributed by atoms with E-state index in [1.165, 1.54) is 50.5 Å². The molecule has 0 aliphatic heterocycles. The Morgan fingerprint density at radius 2 is 1.77 bits per heavy atom. The maximum atomic E-state index is 11.8. The van der Waals surface area contributed by atoms with Gasteiger partial charge in [0.2, 0.25) is 0 Å². The molecule has 0 atom stereocenters. The van der Waals surface area contributed by atoms with E-state index in [1.807, 2.05) is 12.1 Å². The Bertz CT molecular complexity index is 489. The summed E-state index contributed by atoms with van der Waals surface area (Å²) in [5.74, 6) is 1.56. The summed E-state index contributed by atoms with van der Waals surface area (Å²) in [6, 6.07) is 10.3. The quantitative estimate of drug-likeness (QED) is 0.545. The molecule has 1 aliphatic rings. The molecule has 118 valence electrons. The van der Waals surface area contributed by atoms with Gasteiger partial charge in [-0.15, -0.1) is 0 Å². The zero-order chi connectivity index (χ0) is 15.6. The van der Waals surface area contributed by atoms with E-state index in [0.717, 1.165) is 24.3 Å². The predicted octanol–water partition coefficient (Wildman–Crippen LogP) is 6.27. The number of unbranched alkanes of at least 4 members (excludes halogenated alkanes) is 3. The fourth-order valence-corrected chi connectivity index (χ4v) is 3.55. The number of hydrogen-bond acceptors (Lipinski definition) is 1. The van der Waals surface area contributed by atoms with Crippen molar-refractivity contribution in [2.45, 2.75) is 63.7 Å². The second-order valence-electron chi connectivity index (χ2n) is 6.45. The van der Waals surface area contributed by atoms with Crippen molar-refractivity contribution in [1.82, 2.24) is 0 Å². The van der Waals surface area contributed by atoms with Gasteiger partial charge in [-0.25, -0.2) is 4.39 Å². The SMILES string of the molecule is N#Cc1ccc([C@H]2CC[C@H](CCCCCC=CF)CC2)cc1. The third-order valence-electron chi connectivity index (χ3n) is 4.93. The van der Waals surface area contributed by atoms with Gasteiger partial charge in [0.05, 0.1) is 18.0 Å². The lowest BCUT2D eigenvalue weighted by atomic mass is 9.77. The van der Waals surface area contributed by atoms with Crippen LogP contribution in [-0.2, 0) is 0 Å². The minimum atomic E-state index is 0.657. The summed E-state index contributed by atoms with van der Waals surface area (Å²) in [6.07, 6.45) is 13.3. The zero-order valence-corrected chi connectivity index (χ0v) is 13.3. The van der Waals surface area contributed by atoms with E-state index in [0.29, 0.717) is 12.2 Å². The van der Waals surface area contributed by atoms with Crippen LogP contribution >= 0.6 is 0 Å². The van der Waals surface area contributed by atoms with Crippen LogP contribution in [0.2, 0.25) is 0 Å². The minimum absolute atomic E-state index is 0.657. The van der Waals surface area contributed by atoms with Crippen LogP contribution in [-0.4, -0.2) is 0 Å². The Labute approximate surface area is 133 Å². The van der Waals surface area contributed by atoms with E-state index in [9.17, 15) is 4.39 Å². The van der Waals surface area contributed by atoms with Gasteiger partial charge < -0.3 is 0 Å². The molecular formula is C20H26FN. The summed E-state index contributed by atoms with van der Waals surface area (Å²) >= 11 is 0. The molecule has 0 spiro atoms. The molecule has 1 aromatic carbocycles. The van der Waals surface area contributed by atoms with E-state index in [4.69, 9.17) is 5.26 Å². The second-order valence-corrected chi connectivity index (χ2v) is 6.45. The molecule has 1 aromatic rings. The smallest absolute Gasteiger partial charge is 0.0991 e. The standard InChI is InChI=1S/C20H26FN/c21-15-5-3-1-2-4-6-17-7-11-19(12-8-17)20-13-9-18(16-22)10-14-20/h5,9-10,13-15,17,19H,1-4,6-8,11-12H2/t17-,19-. The summed E-state index contributed by atoms with van der Waals surface area (Å²) in [5, 5.41) is 8.85. The Morgan fingerprint density at radius 1 is 1.05 bits per heavy atom. The van der Waals surface area contributed by atoms with Crippen molar-refractivity contribution in [2.75, 3.05) is 0 Å². The summed E-state index contributed by atoms with van der Waals surface area (Å²) in [7, 11) is 0. The van der Waals surface area contributed by atoms with Crippen LogP contribution in [0.4, 0.5) is 4.39 Å². The molecule has 2 rings (SSSR count). The monoisotopic (exact) mass is 299 g/mol. The maximum absolute atomic E-state index is 11.8. The minimum Gasteiger partial charge on any atom is -0.216 e. The molecular weight excluding hydrogens is 273 g/mol. The number of halogens is 1. The van der Waals surface area contributed by atoms with Crippen molar-refractivity contribution in [3.05, 3.63) is 47.8 Å². The first-order valence-electron chi connectivity index (χ1n) is 8.58. The fourth-order valence-electron chi connectivity index (χ4n) is 3.55. The normalized spacial score (nSPS) is 21.8. The van der Waals surface area contributed by atoms with Gasteiger partial charge in [0.15, 0.2) is 0 Å². The molecule has 1 fully saturated rings. The van der Waals surface area contributed by atoms with E-state index in [-0.39, 0.29) is 0 Å². The van der Waals surface area contributed by atoms with Crippen LogP contribution < -0.4 is 0 Å². The Hall–Kier alpha value is -1.62. The summed E-state index contributed by atoms with van der Waals surface area (Å²) in [4.78, 5) is 0. The van der Waals surface area contributed by atoms with Crippen LogP contribution in [0.25, 0.3) is 0 Å². The number of rotatable bonds is 7. The second kappa shape index (κ2) is 9.41. The van der Waals surface area contributed by atoms with Crippen LogP contribution in [0.5, 0.6) is 0 Å². The molecule has 0 saturated heterocycles. The highest BCUT2D eigenvalue weighted by molar-refractivity contribution is 5.33. The van der Waals surface area contributed by atoms with Gasteiger partial charge in [0.1, 0.15) is 0 Å². The Morgan fingerprint density at radius 3 is 2.41 bits per heavy atom. The van der Waals surface area contributed by atoms with Crippen molar-refractivity contribution in [1.29, 1.82) is 5.26 Å². The summed E-state index contributed by atoms with van der Waals surface area (Å²) < 4.78 is 11.8. The number of benzene rings is 1. The predicted molar refractivity (Wildman–Crippen MR) is 89.2 cm³/mol. The third kappa shape index (κ3) is 5.30. The largest absolute Gasteiger partial charge is 0.216 e.